The zero-order chi connectivity index (χ0) is 14.5. The van der Waals surface area contributed by atoms with Gasteiger partial charge in [0.15, 0.2) is 0 Å². The smallest absolute Gasteiger partial charge is 0.0808 e. The third kappa shape index (κ3) is 1.04. The highest BCUT2D eigenvalue weighted by atomic mass is 16.5. The fourth-order valence-electron chi connectivity index (χ4n) is 9.92. The van der Waals surface area contributed by atoms with Gasteiger partial charge in [0, 0.05) is 16.2 Å². The van der Waals surface area contributed by atoms with Crippen LogP contribution in [0.5, 0.6) is 0 Å². The molecule has 1 nitrogen and oxygen atoms in total. The van der Waals surface area contributed by atoms with Gasteiger partial charge in [-0.3, -0.25) is 0 Å². The number of hydrogen-bond donors (Lipinski definition) is 0. The molecule has 0 aromatic carbocycles. The molecule has 22 heavy (non-hydrogen) atoms. The van der Waals surface area contributed by atoms with Crippen LogP contribution in [0.3, 0.4) is 0 Å². The first-order valence-corrected chi connectivity index (χ1v) is 10.4. The summed E-state index contributed by atoms with van der Waals surface area (Å²) in [6.07, 6.45) is 23.7. The maximum atomic E-state index is 7.53. The molecule has 1 saturated heterocycles. The summed E-state index contributed by atoms with van der Waals surface area (Å²) in [6, 6.07) is 0. The molecule has 6 fully saturated rings. The first kappa shape index (κ1) is 13.3. The van der Waals surface area contributed by atoms with Crippen LogP contribution in [-0.2, 0) is 4.74 Å². The van der Waals surface area contributed by atoms with Crippen molar-refractivity contribution in [1.82, 2.24) is 0 Å². The zero-order valence-corrected chi connectivity index (χ0v) is 14.2. The van der Waals surface area contributed by atoms with Gasteiger partial charge in [-0.05, 0) is 83.5 Å². The second-order valence-electron chi connectivity index (χ2n) is 9.99. The molecule has 0 amide bonds. The van der Waals surface area contributed by atoms with E-state index >= 15 is 0 Å². The largest absolute Gasteiger partial charge is 0.367 e. The molecule has 0 N–H and O–H groups in total. The van der Waals surface area contributed by atoms with Gasteiger partial charge in [-0.15, -0.1) is 0 Å². The summed E-state index contributed by atoms with van der Waals surface area (Å²) in [5.74, 6) is 0. The van der Waals surface area contributed by atoms with Gasteiger partial charge in [0.25, 0.3) is 0 Å². The van der Waals surface area contributed by atoms with E-state index in [4.69, 9.17) is 4.74 Å². The van der Waals surface area contributed by atoms with Crippen LogP contribution in [0.1, 0.15) is 103 Å². The summed E-state index contributed by atoms with van der Waals surface area (Å²) in [5, 5.41) is 0. The van der Waals surface area contributed by atoms with Crippen molar-refractivity contribution in [3.05, 3.63) is 0 Å². The van der Waals surface area contributed by atoms with Crippen molar-refractivity contribution in [2.75, 3.05) is 0 Å². The Morgan fingerprint density at radius 3 is 1.73 bits per heavy atom. The molecule has 1 heterocycles. The highest BCUT2D eigenvalue weighted by Gasteiger charge is 2.84. The molecule has 6 aliphatic rings. The van der Waals surface area contributed by atoms with Crippen LogP contribution in [0.15, 0.2) is 0 Å². The van der Waals surface area contributed by atoms with Gasteiger partial charge in [-0.1, -0.05) is 19.3 Å². The van der Waals surface area contributed by atoms with Gasteiger partial charge in [0.05, 0.1) is 11.2 Å². The summed E-state index contributed by atoms with van der Waals surface area (Å²) in [7, 11) is 0. The van der Waals surface area contributed by atoms with Crippen molar-refractivity contribution in [1.29, 1.82) is 0 Å². The third-order valence-electron chi connectivity index (χ3n) is 10.1. The average molecular weight is 300 g/mol. The predicted molar refractivity (Wildman–Crippen MR) is 87.7 cm³/mol. The standard InChI is InChI=1S/C21H32O/c1-2-8-17(7-1)9-3-12-19-13-6-16-21(17,19)22-20-14-4-10-18(19,20)11-5-15-20/h1-16H2/t18?,19-,20?,21+/m0/s1. The van der Waals surface area contributed by atoms with Crippen LogP contribution in [0.4, 0.5) is 0 Å². The number of hydrogen-bond acceptors (Lipinski definition) is 1. The van der Waals surface area contributed by atoms with Crippen LogP contribution >= 0.6 is 0 Å². The van der Waals surface area contributed by atoms with Crippen molar-refractivity contribution in [3.63, 3.8) is 0 Å². The predicted octanol–water partition coefficient (Wildman–Crippen LogP) is 5.76. The molecule has 0 radical (unpaired) electrons. The van der Waals surface area contributed by atoms with Crippen LogP contribution in [0, 0.1) is 16.2 Å². The molecule has 0 aromatic rings. The van der Waals surface area contributed by atoms with Crippen LogP contribution in [-0.4, -0.2) is 11.2 Å². The van der Waals surface area contributed by atoms with Gasteiger partial charge in [0.1, 0.15) is 0 Å². The Morgan fingerprint density at radius 1 is 0.455 bits per heavy atom. The molecule has 1 heteroatoms. The minimum atomic E-state index is 0.329. The minimum Gasteiger partial charge on any atom is -0.367 e. The Balaban J connectivity index is 1.61. The third-order valence-corrected chi connectivity index (χ3v) is 10.1. The Bertz CT molecular complexity index is 502. The summed E-state index contributed by atoms with van der Waals surface area (Å²) in [4.78, 5) is 0. The van der Waals surface area contributed by atoms with Crippen molar-refractivity contribution in [2.45, 2.75) is 114 Å². The fraction of sp³-hybridized carbons (Fsp3) is 1.00. The van der Waals surface area contributed by atoms with E-state index in [0.717, 1.165) is 0 Å². The molecular formula is C21H32O. The molecule has 0 bridgehead atoms. The van der Waals surface area contributed by atoms with Crippen molar-refractivity contribution in [2.24, 2.45) is 16.2 Å². The quantitative estimate of drug-likeness (QED) is 0.552. The van der Waals surface area contributed by atoms with Gasteiger partial charge in [0.2, 0.25) is 0 Å². The molecule has 1 spiro atoms. The van der Waals surface area contributed by atoms with Crippen LogP contribution in [0.2, 0.25) is 0 Å². The monoisotopic (exact) mass is 300 g/mol. The lowest BCUT2D eigenvalue weighted by atomic mass is 9.44. The van der Waals surface area contributed by atoms with Crippen molar-refractivity contribution in [3.8, 4) is 0 Å². The van der Waals surface area contributed by atoms with Crippen LogP contribution in [0.25, 0.3) is 0 Å². The minimum absolute atomic E-state index is 0.329. The Morgan fingerprint density at radius 2 is 1.00 bits per heavy atom. The van der Waals surface area contributed by atoms with Gasteiger partial charge < -0.3 is 4.74 Å². The van der Waals surface area contributed by atoms with Crippen molar-refractivity contribution < 1.29 is 4.74 Å². The average Bonchev–Trinajstić information content (AvgIpc) is 3.21. The maximum Gasteiger partial charge on any atom is 0.0808 e. The lowest BCUT2D eigenvalue weighted by molar-refractivity contribution is -0.208. The topological polar surface area (TPSA) is 9.23 Å². The SMILES string of the molecule is C1CC23CCCC2(C1)[C@@]12CCCC4(CCCC4)[C@@]1(CCC2)O3. The Hall–Kier alpha value is -0.0400. The van der Waals surface area contributed by atoms with E-state index < -0.39 is 0 Å². The normalized spacial score (nSPS) is 57.8. The molecule has 6 rings (SSSR count). The van der Waals surface area contributed by atoms with E-state index in [0.29, 0.717) is 27.4 Å². The molecule has 5 saturated carbocycles. The first-order valence-electron chi connectivity index (χ1n) is 10.4. The van der Waals surface area contributed by atoms with E-state index in [2.05, 4.69) is 0 Å². The molecule has 5 aliphatic carbocycles. The Kier molecular flexibility index (Phi) is 2.28. The fourth-order valence-corrected chi connectivity index (χ4v) is 9.92. The molecule has 1 aliphatic heterocycles. The first-order chi connectivity index (χ1) is 10.7. The molecular weight excluding hydrogens is 268 g/mol. The van der Waals surface area contributed by atoms with Gasteiger partial charge in [-0.25, -0.2) is 0 Å². The maximum absolute atomic E-state index is 7.53. The summed E-state index contributed by atoms with van der Waals surface area (Å²) < 4.78 is 7.53. The van der Waals surface area contributed by atoms with E-state index in [1.807, 2.05) is 0 Å². The highest BCUT2D eigenvalue weighted by Crippen LogP contribution is 2.85. The van der Waals surface area contributed by atoms with Gasteiger partial charge in [-0.2, -0.15) is 0 Å². The highest BCUT2D eigenvalue weighted by molar-refractivity contribution is 5.33. The lowest BCUT2D eigenvalue weighted by Gasteiger charge is -2.59. The summed E-state index contributed by atoms with van der Waals surface area (Å²) >= 11 is 0. The van der Waals surface area contributed by atoms with Gasteiger partial charge >= 0.3 is 0 Å². The molecule has 0 unspecified atom stereocenters. The van der Waals surface area contributed by atoms with E-state index in [9.17, 15) is 0 Å². The number of rotatable bonds is 0. The second-order valence-corrected chi connectivity index (χ2v) is 9.99. The number of ether oxygens (including phenoxy) is 1. The van der Waals surface area contributed by atoms with E-state index in [1.165, 1.54) is 103 Å². The Labute approximate surface area is 135 Å². The lowest BCUT2D eigenvalue weighted by Crippen LogP contribution is -2.60. The molecule has 122 valence electrons. The molecule has 2 atom stereocenters. The summed E-state index contributed by atoms with van der Waals surface area (Å²) in [6.45, 7) is 0. The van der Waals surface area contributed by atoms with Crippen molar-refractivity contribution >= 4 is 0 Å². The molecule has 0 aromatic heterocycles. The summed E-state index contributed by atoms with van der Waals surface area (Å²) in [5.41, 5.74) is 2.49. The zero-order valence-electron chi connectivity index (χ0n) is 14.2. The van der Waals surface area contributed by atoms with E-state index in [1.54, 1.807) is 0 Å². The van der Waals surface area contributed by atoms with E-state index in [-0.39, 0.29) is 0 Å². The second kappa shape index (κ2) is 3.79. The van der Waals surface area contributed by atoms with Crippen LogP contribution < -0.4 is 0 Å².